The van der Waals surface area contributed by atoms with Crippen molar-refractivity contribution in [3.63, 3.8) is 0 Å². The number of rotatable bonds is 4. The van der Waals surface area contributed by atoms with E-state index in [1.54, 1.807) is 6.92 Å². The number of nitrogens with one attached hydrogen (secondary N) is 1. The molecule has 1 unspecified atom stereocenters. The van der Waals surface area contributed by atoms with E-state index in [4.69, 9.17) is 12.2 Å². The first-order valence-corrected chi connectivity index (χ1v) is 3.14. The number of carbonyl (C=O) groups excluding carboxylic acids is 1. The van der Waals surface area contributed by atoms with Gasteiger partial charge in [0.25, 0.3) is 0 Å². The highest BCUT2D eigenvalue weighted by molar-refractivity contribution is 5.79. The predicted octanol–water partition coefficient (Wildman–Crippen LogP) is -0.527. The van der Waals surface area contributed by atoms with Crippen LogP contribution in [-0.2, 0) is 4.79 Å². The van der Waals surface area contributed by atoms with Crippen molar-refractivity contribution in [2.45, 2.75) is 19.4 Å². The fraction of sp³-hybridized carbons (Fsp3) is 0.571. The minimum atomic E-state index is -0.350. The van der Waals surface area contributed by atoms with Crippen molar-refractivity contribution in [1.82, 2.24) is 5.32 Å². The van der Waals surface area contributed by atoms with Crippen LogP contribution in [0.1, 0.15) is 13.3 Å². The third-order valence-electron chi connectivity index (χ3n) is 1.15. The zero-order valence-corrected chi connectivity index (χ0v) is 6.05. The zero-order valence-electron chi connectivity index (χ0n) is 6.05. The number of primary amides is 1. The molecule has 56 valence electrons. The van der Waals surface area contributed by atoms with Crippen molar-refractivity contribution in [3.05, 3.63) is 0 Å². The van der Waals surface area contributed by atoms with Gasteiger partial charge < -0.3 is 11.1 Å². The van der Waals surface area contributed by atoms with E-state index >= 15 is 0 Å². The van der Waals surface area contributed by atoms with Gasteiger partial charge in [0.05, 0.1) is 6.04 Å². The van der Waals surface area contributed by atoms with E-state index in [9.17, 15) is 4.79 Å². The van der Waals surface area contributed by atoms with E-state index in [1.807, 2.05) is 0 Å². The summed E-state index contributed by atoms with van der Waals surface area (Å²) in [6, 6.07) is -0.284. The Kier molecular flexibility index (Phi) is 4.34. The third-order valence-corrected chi connectivity index (χ3v) is 1.15. The molecule has 0 aliphatic rings. The van der Waals surface area contributed by atoms with Crippen LogP contribution in [0, 0.1) is 12.3 Å². The normalized spacial score (nSPS) is 12.0. The number of amides is 1. The van der Waals surface area contributed by atoms with E-state index < -0.39 is 0 Å². The number of carbonyl (C=O) groups is 1. The van der Waals surface area contributed by atoms with Crippen LogP contribution >= 0.6 is 0 Å². The minimum absolute atomic E-state index is 0.284. The molecule has 0 saturated carbocycles. The predicted molar refractivity (Wildman–Crippen MR) is 40.1 cm³/mol. The molecule has 1 atom stereocenters. The molecule has 0 rings (SSSR count). The second kappa shape index (κ2) is 4.83. The highest BCUT2D eigenvalue weighted by Gasteiger charge is 2.04. The highest BCUT2D eigenvalue weighted by Crippen LogP contribution is 1.78. The van der Waals surface area contributed by atoms with Gasteiger partial charge >= 0.3 is 0 Å². The van der Waals surface area contributed by atoms with Crippen LogP contribution in [0.2, 0.25) is 0 Å². The summed E-state index contributed by atoms with van der Waals surface area (Å²) in [5.41, 5.74) is 4.97. The lowest BCUT2D eigenvalue weighted by Gasteiger charge is -2.06. The van der Waals surface area contributed by atoms with Crippen molar-refractivity contribution < 1.29 is 4.79 Å². The molecule has 0 radical (unpaired) electrons. The van der Waals surface area contributed by atoms with Gasteiger partial charge in [-0.05, 0) is 6.92 Å². The van der Waals surface area contributed by atoms with Crippen molar-refractivity contribution in [3.8, 4) is 12.3 Å². The van der Waals surface area contributed by atoms with E-state index in [0.717, 1.165) is 0 Å². The van der Waals surface area contributed by atoms with Gasteiger partial charge in [-0.25, -0.2) is 0 Å². The van der Waals surface area contributed by atoms with Crippen molar-refractivity contribution >= 4 is 5.91 Å². The average molecular weight is 140 g/mol. The molecule has 0 aliphatic carbocycles. The van der Waals surface area contributed by atoms with Crippen LogP contribution < -0.4 is 11.1 Å². The summed E-state index contributed by atoms with van der Waals surface area (Å²) in [4.78, 5) is 10.4. The van der Waals surface area contributed by atoms with Gasteiger partial charge in [0.15, 0.2) is 0 Å². The first kappa shape index (κ1) is 8.99. The monoisotopic (exact) mass is 140 g/mol. The summed E-state index contributed by atoms with van der Waals surface area (Å²) >= 11 is 0. The molecule has 0 bridgehead atoms. The van der Waals surface area contributed by atoms with E-state index in [0.29, 0.717) is 13.0 Å². The first-order chi connectivity index (χ1) is 4.68. The smallest absolute Gasteiger partial charge is 0.234 e. The Bertz CT molecular complexity index is 148. The summed E-state index contributed by atoms with van der Waals surface area (Å²) in [5.74, 6) is 2.10. The van der Waals surface area contributed by atoms with Crippen LogP contribution in [0.5, 0.6) is 0 Å². The summed E-state index contributed by atoms with van der Waals surface area (Å²) in [7, 11) is 0. The highest BCUT2D eigenvalue weighted by atomic mass is 16.1. The number of hydrogen-bond acceptors (Lipinski definition) is 2. The van der Waals surface area contributed by atoms with Crippen molar-refractivity contribution in [2.75, 3.05) is 6.54 Å². The SMILES string of the molecule is C#CCCNC(C)C(N)=O. The summed E-state index contributed by atoms with van der Waals surface area (Å²) in [5, 5.41) is 2.87. The second-order valence-corrected chi connectivity index (χ2v) is 2.03. The first-order valence-electron chi connectivity index (χ1n) is 3.14. The van der Waals surface area contributed by atoms with E-state index in [1.165, 1.54) is 0 Å². The Labute approximate surface area is 61.0 Å². The lowest BCUT2D eigenvalue weighted by molar-refractivity contribution is -0.119. The third kappa shape index (κ3) is 3.93. The average Bonchev–Trinajstić information content (AvgIpc) is 1.88. The topological polar surface area (TPSA) is 55.1 Å². The molecule has 0 aromatic carbocycles. The largest absolute Gasteiger partial charge is 0.368 e. The van der Waals surface area contributed by atoms with Gasteiger partial charge in [0.1, 0.15) is 0 Å². The van der Waals surface area contributed by atoms with Crippen LogP contribution in [0.15, 0.2) is 0 Å². The molecule has 3 nitrogen and oxygen atoms in total. The fourth-order valence-corrected chi connectivity index (χ4v) is 0.461. The zero-order chi connectivity index (χ0) is 7.98. The Morgan fingerprint density at radius 1 is 1.90 bits per heavy atom. The Balaban J connectivity index is 3.32. The summed E-state index contributed by atoms with van der Waals surface area (Å²) in [6.45, 7) is 2.35. The Morgan fingerprint density at radius 2 is 2.50 bits per heavy atom. The van der Waals surface area contributed by atoms with Crippen LogP contribution in [0.3, 0.4) is 0 Å². The quantitative estimate of drug-likeness (QED) is 0.407. The molecule has 0 heterocycles. The van der Waals surface area contributed by atoms with Crippen LogP contribution in [-0.4, -0.2) is 18.5 Å². The van der Waals surface area contributed by atoms with Crippen molar-refractivity contribution in [2.24, 2.45) is 5.73 Å². The standard InChI is InChI=1S/C7H12N2O/c1-3-4-5-9-6(2)7(8)10/h1,6,9H,4-5H2,2H3,(H2,8,10). The maximum Gasteiger partial charge on any atom is 0.234 e. The molecule has 3 N–H and O–H groups in total. The molecule has 0 aliphatic heterocycles. The molecule has 1 amide bonds. The van der Waals surface area contributed by atoms with Gasteiger partial charge in [-0.1, -0.05) is 0 Å². The number of terminal acetylenes is 1. The molecular formula is C7H12N2O. The van der Waals surface area contributed by atoms with Gasteiger partial charge in [-0.15, -0.1) is 12.3 Å². The van der Waals surface area contributed by atoms with Crippen LogP contribution in [0.25, 0.3) is 0 Å². The van der Waals surface area contributed by atoms with Gasteiger partial charge in [-0.3, -0.25) is 4.79 Å². The Hall–Kier alpha value is -1.01. The number of hydrogen-bond donors (Lipinski definition) is 2. The molecule has 0 aromatic rings. The molecule has 0 fully saturated rings. The Morgan fingerprint density at radius 3 is 2.90 bits per heavy atom. The maximum atomic E-state index is 10.4. The van der Waals surface area contributed by atoms with Crippen LogP contribution in [0.4, 0.5) is 0 Å². The van der Waals surface area contributed by atoms with Gasteiger partial charge in [0.2, 0.25) is 5.91 Å². The molecule has 10 heavy (non-hydrogen) atoms. The van der Waals surface area contributed by atoms with Crippen molar-refractivity contribution in [1.29, 1.82) is 0 Å². The summed E-state index contributed by atoms with van der Waals surface area (Å²) in [6.07, 6.45) is 5.61. The van der Waals surface area contributed by atoms with E-state index in [2.05, 4.69) is 11.2 Å². The molecule has 0 spiro atoms. The molecule has 0 aromatic heterocycles. The number of nitrogens with two attached hydrogens (primary N) is 1. The molecule has 3 heteroatoms. The lowest BCUT2D eigenvalue weighted by atomic mass is 10.3. The fourth-order valence-electron chi connectivity index (χ4n) is 0.461. The van der Waals surface area contributed by atoms with E-state index in [-0.39, 0.29) is 11.9 Å². The molecular weight excluding hydrogens is 128 g/mol. The molecule has 0 saturated heterocycles. The maximum absolute atomic E-state index is 10.4. The van der Waals surface area contributed by atoms with Gasteiger partial charge in [0, 0.05) is 13.0 Å². The second-order valence-electron chi connectivity index (χ2n) is 2.03. The lowest BCUT2D eigenvalue weighted by Crippen LogP contribution is -2.39. The minimum Gasteiger partial charge on any atom is -0.368 e. The van der Waals surface area contributed by atoms with Gasteiger partial charge in [-0.2, -0.15) is 0 Å². The summed E-state index contributed by atoms with van der Waals surface area (Å²) < 4.78 is 0.